The molecule has 7 aromatic carbocycles. The number of benzene rings is 7. The van der Waals surface area contributed by atoms with Gasteiger partial charge in [-0.15, -0.1) is 0 Å². The molecule has 0 radical (unpaired) electrons. The van der Waals surface area contributed by atoms with Gasteiger partial charge in [0.2, 0.25) is 0 Å². The topological polar surface area (TPSA) is 0 Å². The third-order valence-corrected chi connectivity index (χ3v) is 10.8. The van der Waals surface area contributed by atoms with Crippen LogP contribution >= 0.6 is 0 Å². The molecule has 0 amide bonds. The average molecular weight is 633 g/mol. The molecule has 0 aromatic heterocycles. The van der Waals surface area contributed by atoms with Crippen LogP contribution in [0.5, 0.6) is 0 Å². The Hall–Kier alpha value is -5.19. The Balaban J connectivity index is 0.000000166. The fraction of sp³-hybridized carbons (Fsp3) is 0.0233. The second-order valence-electron chi connectivity index (χ2n) is 11.5. The van der Waals surface area contributed by atoms with Gasteiger partial charge in [-0.3, -0.25) is 0 Å². The van der Waals surface area contributed by atoms with Crippen LogP contribution in [0, 0.1) is 18.6 Å². The zero-order valence-electron chi connectivity index (χ0n) is 26.2. The lowest BCUT2D eigenvalue weighted by Crippen LogP contribution is -2.74. The molecule has 0 heterocycles. The molecule has 0 saturated heterocycles. The van der Waals surface area contributed by atoms with Crippen LogP contribution in [0.2, 0.25) is 0 Å². The first-order valence-electron chi connectivity index (χ1n) is 15.8. The normalized spacial score (nSPS) is 11.1. The maximum atomic E-state index is 13.2. The van der Waals surface area contributed by atoms with Crippen LogP contribution in [-0.2, 0) is 10.9 Å². The van der Waals surface area contributed by atoms with E-state index in [0.717, 1.165) is 14.7 Å². The second kappa shape index (κ2) is 14.9. The van der Waals surface area contributed by atoms with Gasteiger partial charge in [0.25, 0.3) is 0 Å². The zero-order chi connectivity index (χ0) is 32.5. The molecule has 0 nitrogen and oxygen atoms in total. The summed E-state index contributed by atoms with van der Waals surface area (Å²) in [6.45, 7) is 2.04. The lowest BCUT2D eigenvalue weighted by atomic mass is 9.13. The van der Waals surface area contributed by atoms with Crippen LogP contribution in [0.25, 0.3) is 0 Å². The van der Waals surface area contributed by atoms with Crippen LogP contribution in [-0.4, -0.2) is 6.15 Å². The molecule has 0 unspecified atom stereocenters. The van der Waals surface area contributed by atoms with Crippen molar-refractivity contribution in [3.8, 4) is 0 Å². The number of rotatable bonds is 7. The Morgan fingerprint density at radius 3 is 0.872 bits per heavy atom. The molecule has 0 saturated carbocycles. The van der Waals surface area contributed by atoms with Crippen molar-refractivity contribution < 1.29 is 8.78 Å². The highest BCUT2D eigenvalue weighted by Gasteiger charge is 2.31. The van der Waals surface area contributed by atoms with Crippen molar-refractivity contribution in [1.82, 2.24) is 0 Å². The summed E-state index contributed by atoms with van der Waals surface area (Å²) in [5.74, 6) is -0.509. The summed E-state index contributed by atoms with van der Waals surface area (Å²) >= 11 is 0. The lowest BCUT2D eigenvalue weighted by molar-refractivity contribution is 0.626. The maximum Gasteiger partial charge on any atom is 0.166 e. The highest BCUT2D eigenvalue weighted by molar-refractivity contribution is 7.97. The predicted molar refractivity (Wildman–Crippen MR) is 196 cm³/mol. The summed E-state index contributed by atoms with van der Waals surface area (Å²) in [4.78, 5) is 3.15. The number of hydrogen-bond donors (Lipinski definition) is 0. The fourth-order valence-electron chi connectivity index (χ4n) is 6.35. The molecule has 7 aromatic rings. The molecular weight excluding hydrogens is 597 g/mol. The van der Waals surface area contributed by atoms with Gasteiger partial charge in [0.05, 0.1) is 10.9 Å². The van der Waals surface area contributed by atoms with E-state index >= 15 is 0 Å². The zero-order valence-corrected chi connectivity index (χ0v) is 27.0. The van der Waals surface area contributed by atoms with Gasteiger partial charge in [0, 0.05) is 0 Å². The molecule has 230 valence electrons. The second-order valence-corrected chi connectivity index (χ2v) is 13.6. The van der Waals surface area contributed by atoms with Crippen molar-refractivity contribution in [2.75, 3.05) is 0 Å². The smallest absolute Gasteiger partial charge is 0.166 e. The fourth-order valence-corrected chi connectivity index (χ4v) is 8.39. The van der Waals surface area contributed by atoms with Crippen molar-refractivity contribution >= 4 is 38.9 Å². The third-order valence-electron chi connectivity index (χ3n) is 8.55. The molecule has 0 bridgehead atoms. The van der Waals surface area contributed by atoms with Gasteiger partial charge < -0.3 is 0 Å². The Morgan fingerprint density at radius 2 is 0.596 bits per heavy atom. The molecule has 0 aliphatic rings. The summed E-state index contributed by atoms with van der Waals surface area (Å²) in [5.41, 5.74) is 6.54. The first-order chi connectivity index (χ1) is 23.1. The first kappa shape index (κ1) is 31.8. The molecule has 0 atom stereocenters. The van der Waals surface area contributed by atoms with Gasteiger partial charge in [0.1, 0.15) is 17.8 Å². The highest BCUT2D eigenvalue weighted by Crippen LogP contribution is 2.31. The van der Waals surface area contributed by atoms with E-state index in [1.807, 2.05) is 6.92 Å². The number of hydrogen-bond acceptors (Lipinski definition) is 0. The summed E-state index contributed by atoms with van der Waals surface area (Å²) < 4.78 is 26.4. The van der Waals surface area contributed by atoms with Crippen LogP contribution in [0.4, 0.5) is 8.78 Å². The minimum atomic E-state index is -1.22. The molecule has 0 aliphatic heterocycles. The van der Waals surface area contributed by atoms with Gasteiger partial charge in [-0.05, 0) is 67.6 Å². The maximum absolute atomic E-state index is 13.2. The van der Waals surface area contributed by atoms with Gasteiger partial charge in [-0.2, -0.15) is 21.9 Å². The van der Waals surface area contributed by atoms with Crippen molar-refractivity contribution in [2.45, 2.75) is 21.6 Å². The molecule has 0 fully saturated rings. The van der Waals surface area contributed by atoms with Crippen molar-refractivity contribution in [2.24, 2.45) is 0 Å². The van der Waals surface area contributed by atoms with Gasteiger partial charge in [-0.25, -0.2) is 8.78 Å². The van der Waals surface area contributed by atoms with E-state index in [1.54, 1.807) is 24.3 Å². The molecular formula is C43H35BF2S. The minimum absolute atomic E-state index is 0.254. The van der Waals surface area contributed by atoms with Gasteiger partial charge in [0.15, 0.2) is 14.7 Å². The molecule has 47 heavy (non-hydrogen) atoms. The van der Waals surface area contributed by atoms with E-state index in [4.69, 9.17) is 0 Å². The van der Waals surface area contributed by atoms with Crippen LogP contribution in [0.15, 0.2) is 209 Å². The average Bonchev–Trinajstić information content (AvgIpc) is 3.13. The molecule has 4 heteroatoms. The van der Waals surface area contributed by atoms with Gasteiger partial charge in [-0.1, -0.05) is 139 Å². The standard InChI is InChI=1S/C24H20B.C19H15F2S/c1-5-13-21(14-6-1)25(22-15-7-2-8-16-22,23-17-9-3-10-18-23)24-19-11-4-12-20-24;1-14-2-8-17(9-3-14)22(18-10-4-15(20)5-11-18)19-12-6-16(21)7-13-19/h1-20H;2-13H,1H3/q-1;+1. The van der Waals surface area contributed by atoms with Crippen LogP contribution < -0.4 is 21.9 Å². The molecule has 7 rings (SSSR count). The van der Waals surface area contributed by atoms with Crippen molar-refractivity contribution in [1.29, 1.82) is 0 Å². The monoisotopic (exact) mass is 632 g/mol. The Labute approximate surface area is 279 Å². The third kappa shape index (κ3) is 7.14. The largest absolute Gasteiger partial charge is 0.207 e. The number of halogens is 2. The van der Waals surface area contributed by atoms with Crippen molar-refractivity contribution in [3.63, 3.8) is 0 Å². The quantitative estimate of drug-likeness (QED) is 0.122. The van der Waals surface area contributed by atoms with Gasteiger partial charge >= 0.3 is 0 Å². The summed E-state index contributed by atoms with van der Waals surface area (Å²) in [5, 5.41) is 0. The minimum Gasteiger partial charge on any atom is -0.207 e. The van der Waals surface area contributed by atoms with E-state index in [9.17, 15) is 8.78 Å². The lowest BCUT2D eigenvalue weighted by Gasteiger charge is -2.44. The Kier molecular flexibility index (Phi) is 10.1. The molecule has 0 aliphatic carbocycles. The van der Waals surface area contributed by atoms with Crippen LogP contribution in [0.3, 0.4) is 0 Å². The Morgan fingerprint density at radius 1 is 0.340 bits per heavy atom. The Bertz CT molecular complexity index is 1690. The first-order valence-corrected chi connectivity index (χ1v) is 17.0. The molecule has 0 spiro atoms. The van der Waals surface area contributed by atoms with E-state index < -0.39 is 6.15 Å². The predicted octanol–water partition coefficient (Wildman–Crippen LogP) is 8.43. The van der Waals surface area contributed by atoms with E-state index in [1.165, 1.54) is 51.7 Å². The van der Waals surface area contributed by atoms with E-state index in [2.05, 4.69) is 146 Å². The van der Waals surface area contributed by atoms with Crippen molar-refractivity contribution in [3.05, 3.63) is 211 Å². The highest BCUT2D eigenvalue weighted by atomic mass is 32.2. The summed E-state index contributed by atoms with van der Waals surface area (Å²) in [6.07, 6.45) is -1.22. The van der Waals surface area contributed by atoms with E-state index in [-0.39, 0.29) is 22.5 Å². The van der Waals surface area contributed by atoms with Crippen LogP contribution in [0.1, 0.15) is 5.56 Å². The summed E-state index contributed by atoms with van der Waals surface area (Å²) in [6, 6.07) is 64.8. The van der Waals surface area contributed by atoms with E-state index in [0.29, 0.717) is 0 Å². The summed E-state index contributed by atoms with van der Waals surface area (Å²) in [7, 11) is -0.373. The molecule has 0 N–H and O–H groups in total. The SMILES string of the molecule is Cc1ccc([S+](c2ccc(F)cc2)c2ccc(F)cc2)cc1.c1ccc([B-](c2ccccc2)(c2ccccc2)c2ccccc2)cc1. The number of aryl methyl sites for hydroxylation is 1.